The Labute approximate surface area is 163 Å². The molecule has 3 rings (SSSR count). The number of fused-ring (bicyclic) bond motifs is 1. The summed E-state index contributed by atoms with van der Waals surface area (Å²) in [5.41, 5.74) is 2.82. The van der Waals surface area contributed by atoms with Crippen molar-refractivity contribution >= 4 is 21.1 Å². The Morgan fingerprint density at radius 1 is 1.07 bits per heavy atom. The Morgan fingerprint density at radius 3 is 2.39 bits per heavy atom. The van der Waals surface area contributed by atoms with Gasteiger partial charge in [0.2, 0.25) is 10.0 Å². The second-order valence-electron chi connectivity index (χ2n) is 6.31. The molecule has 0 spiro atoms. The molecule has 0 aliphatic rings. The first-order chi connectivity index (χ1) is 13.3. The molecule has 2 aromatic carbocycles. The molecule has 3 aromatic rings. The van der Waals surface area contributed by atoms with E-state index in [1.165, 1.54) is 31.1 Å². The average Bonchev–Trinajstić information content (AvgIpc) is 3.08. The summed E-state index contributed by atoms with van der Waals surface area (Å²) in [5.74, 6) is 1.23. The molecule has 9 nitrogen and oxygen atoms in total. The lowest BCUT2D eigenvalue weighted by atomic mass is 10.1. The maximum atomic E-state index is 12.4. The number of aromatic nitrogens is 3. The zero-order valence-corrected chi connectivity index (χ0v) is 17.1. The first kappa shape index (κ1) is 19.9. The van der Waals surface area contributed by atoms with E-state index in [1.54, 1.807) is 20.3 Å². The van der Waals surface area contributed by atoms with Crippen molar-refractivity contribution in [2.45, 2.75) is 18.4 Å². The van der Waals surface area contributed by atoms with Crippen molar-refractivity contribution in [1.29, 1.82) is 0 Å². The third kappa shape index (κ3) is 3.60. The van der Waals surface area contributed by atoms with E-state index in [0.29, 0.717) is 22.5 Å². The maximum absolute atomic E-state index is 12.4. The summed E-state index contributed by atoms with van der Waals surface area (Å²) in [5, 5.41) is 7.98. The fourth-order valence-electron chi connectivity index (χ4n) is 2.65. The van der Waals surface area contributed by atoms with Crippen molar-refractivity contribution in [2.24, 2.45) is 0 Å². The van der Waals surface area contributed by atoms with Crippen LogP contribution >= 0.6 is 0 Å². The van der Waals surface area contributed by atoms with Crippen LogP contribution in [0.25, 0.3) is 11.0 Å². The number of benzene rings is 2. The Hall–Kier alpha value is -2.85. The van der Waals surface area contributed by atoms with E-state index >= 15 is 0 Å². The first-order valence-corrected chi connectivity index (χ1v) is 9.84. The monoisotopic (exact) mass is 406 g/mol. The summed E-state index contributed by atoms with van der Waals surface area (Å²) in [6.45, 7) is 2.12. The lowest BCUT2D eigenvalue weighted by molar-refractivity contribution is 0.0746. The number of sulfonamides is 1. The number of aryl methyl sites for hydroxylation is 1. The van der Waals surface area contributed by atoms with Crippen molar-refractivity contribution in [3.8, 4) is 11.5 Å². The van der Waals surface area contributed by atoms with Crippen LogP contribution in [0.5, 0.6) is 11.5 Å². The number of methoxy groups -OCH3 is 2. The molecule has 10 heteroatoms. The minimum Gasteiger partial charge on any atom is -0.493 e. The van der Waals surface area contributed by atoms with Gasteiger partial charge in [0.1, 0.15) is 17.6 Å². The van der Waals surface area contributed by atoms with Crippen LogP contribution in [0.3, 0.4) is 0 Å². The SMILES string of the molecule is COc1cc(C)c(COn2nnc3ccc(S(=O)(=O)N(C)C)cc32)cc1OC. The van der Waals surface area contributed by atoms with Crippen LogP contribution in [-0.2, 0) is 16.6 Å². The van der Waals surface area contributed by atoms with E-state index < -0.39 is 10.0 Å². The highest BCUT2D eigenvalue weighted by Gasteiger charge is 2.19. The Morgan fingerprint density at radius 2 is 1.75 bits per heavy atom. The lowest BCUT2D eigenvalue weighted by Crippen LogP contribution is -2.22. The first-order valence-electron chi connectivity index (χ1n) is 8.40. The average molecular weight is 406 g/mol. The van der Waals surface area contributed by atoms with Gasteiger partial charge in [-0.3, -0.25) is 0 Å². The molecule has 0 saturated heterocycles. The molecule has 1 heterocycles. The molecule has 0 radical (unpaired) electrons. The molecule has 0 saturated carbocycles. The molecule has 0 amide bonds. The van der Waals surface area contributed by atoms with Gasteiger partial charge in [-0.05, 0) is 53.6 Å². The van der Waals surface area contributed by atoms with Crippen LogP contribution in [0.4, 0.5) is 0 Å². The number of nitrogens with zero attached hydrogens (tertiary/aromatic N) is 4. The minimum atomic E-state index is -3.58. The molecule has 28 heavy (non-hydrogen) atoms. The van der Waals surface area contributed by atoms with Gasteiger partial charge in [0.25, 0.3) is 0 Å². The van der Waals surface area contributed by atoms with E-state index in [0.717, 1.165) is 15.4 Å². The summed E-state index contributed by atoms with van der Waals surface area (Å²) >= 11 is 0. The summed E-state index contributed by atoms with van der Waals surface area (Å²) < 4.78 is 36.5. The van der Waals surface area contributed by atoms with Crippen LogP contribution in [0, 0.1) is 6.92 Å². The van der Waals surface area contributed by atoms with E-state index in [-0.39, 0.29) is 11.5 Å². The van der Waals surface area contributed by atoms with Gasteiger partial charge in [0, 0.05) is 14.1 Å². The van der Waals surface area contributed by atoms with Crippen molar-refractivity contribution in [3.05, 3.63) is 41.5 Å². The molecular formula is C18H22N4O5S. The van der Waals surface area contributed by atoms with Crippen LogP contribution < -0.4 is 14.3 Å². The predicted octanol–water partition coefficient (Wildman–Crippen LogP) is 1.64. The van der Waals surface area contributed by atoms with Crippen molar-refractivity contribution in [1.82, 2.24) is 19.5 Å². The Bertz CT molecular complexity index is 1110. The summed E-state index contributed by atoms with van der Waals surface area (Å²) in [6, 6.07) is 8.27. The van der Waals surface area contributed by atoms with Gasteiger partial charge in [-0.15, -0.1) is 5.10 Å². The fraction of sp³-hybridized carbons (Fsp3) is 0.333. The highest BCUT2D eigenvalue weighted by Crippen LogP contribution is 2.30. The van der Waals surface area contributed by atoms with Crippen LogP contribution in [0.2, 0.25) is 0 Å². The largest absolute Gasteiger partial charge is 0.493 e. The molecule has 1 aromatic heterocycles. The normalized spacial score (nSPS) is 11.8. The molecule has 150 valence electrons. The van der Waals surface area contributed by atoms with Crippen LogP contribution in [0.15, 0.2) is 35.2 Å². The highest BCUT2D eigenvalue weighted by atomic mass is 32.2. The van der Waals surface area contributed by atoms with Crippen molar-refractivity contribution in [2.75, 3.05) is 28.3 Å². The number of rotatable bonds is 7. The molecule has 0 fully saturated rings. The topological polar surface area (TPSA) is 95.8 Å². The molecule has 0 bridgehead atoms. The minimum absolute atomic E-state index is 0.138. The zero-order chi connectivity index (χ0) is 20.5. The third-order valence-corrected chi connectivity index (χ3v) is 6.16. The van der Waals surface area contributed by atoms with E-state index in [1.807, 2.05) is 19.1 Å². The van der Waals surface area contributed by atoms with Gasteiger partial charge in [-0.2, -0.15) is 0 Å². The molecule has 0 aliphatic heterocycles. The Balaban J connectivity index is 1.91. The van der Waals surface area contributed by atoms with Crippen LogP contribution in [-0.4, -0.2) is 56.2 Å². The second kappa shape index (κ2) is 7.64. The van der Waals surface area contributed by atoms with Crippen LogP contribution in [0.1, 0.15) is 11.1 Å². The molecule has 0 N–H and O–H groups in total. The van der Waals surface area contributed by atoms with Gasteiger partial charge < -0.3 is 14.3 Å². The van der Waals surface area contributed by atoms with Gasteiger partial charge in [-0.1, -0.05) is 4.85 Å². The molecule has 0 atom stereocenters. The standard InChI is InChI=1S/C18H22N4O5S/c1-12-8-17(25-4)18(26-5)9-13(12)11-27-22-16-10-14(28(23,24)21(2)3)6-7-15(16)19-20-22/h6-10H,11H2,1-5H3. The second-order valence-corrected chi connectivity index (χ2v) is 8.46. The summed E-state index contributed by atoms with van der Waals surface area (Å²) in [7, 11) is 2.52. The van der Waals surface area contributed by atoms with E-state index in [4.69, 9.17) is 14.3 Å². The maximum Gasteiger partial charge on any atom is 0.242 e. The van der Waals surface area contributed by atoms with Crippen molar-refractivity contribution < 1.29 is 22.7 Å². The third-order valence-electron chi connectivity index (χ3n) is 4.35. The van der Waals surface area contributed by atoms with Crippen molar-refractivity contribution in [3.63, 3.8) is 0 Å². The highest BCUT2D eigenvalue weighted by molar-refractivity contribution is 7.89. The smallest absolute Gasteiger partial charge is 0.242 e. The van der Waals surface area contributed by atoms with Gasteiger partial charge in [0.05, 0.1) is 19.1 Å². The van der Waals surface area contributed by atoms with Gasteiger partial charge in [0.15, 0.2) is 11.5 Å². The molecule has 0 unspecified atom stereocenters. The van der Waals surface area contributed by atoms with E-state index in [2.05, 4.69) is 10.3 Å². The summed E-state index contributed by atoms with van der Waals surface area (Å²) in [4.78, 5) is 7.13. The summed E-state index contributed by atoms with van der Waals surface area (Å²) in [6.07, 6.45) is 0. The molecule has 0 aliphatic carbocycles. The van der Waals surface area contributed by atoms with E-state index in [9.17, 15) is 8.42 Å². The fourth-order valence-corrected chi connectivity index (χ4v) is 3.58. The molecular weight excluding hydrogens is 384 g/mol. The number of ether oxygens (including phenoxy) is 2. The number of hydrogen-bond donors (Lipinski definition) is 0. The Kier molecular flexibility index (Phi) is 5.43. The quantitative estimate of drug-likeness (QED) is 0.588. The lowest BCUT2D eigenvalue weighted by Gasteiger charge is -2.13. The van der Waals surface area contributed by atoms with Gasteiger partial charge >= 0.3 is 0 Å². The number of hydrogen-bond acceptors (Lipinski definition) is 7. The zero-order valence-electron chi connectivity index (χ0n) is 16.3. The van der Waals surface area contributed by atoms with Gasteiger partial charge in [-0.25, -0.2) is 12.7 Å². The predicted molar refractivity (Wildman–Crippen MR) is 103 cm³/mol.